The van der Waals surface area contributed by atoms with E-state index in [-0.39, 0.29) is 11.7 Å². The Morgan fingerprint density at radius 2 is 2.12 bits per heavy atom. The van der Waals surface area contributed by atoms with Crippen molar-refractivity contribution >= 4 is 31.8 Å². The Morgan fingerprint density at radius 3 is 2.62 bits per heavy atom. The predicted octanol–water partition coefficient (Wildman–Crippen LogP) is 2.55. The van der Waals surface area contributed by atoms with Crippen LogP contribution in [0.4, 0.5) is 5.82 Å². The molecule has 1 heterocycles. The number of nitrogens with zero attached hydrogens (tertiary/aromatic N) is 1. The highest BCUT2D eigenvalue weighted by Gasteiger charge is 2.14. The molecule has 0 saturated carbocycles. The van der Waals surface area contributed by atoms with Gasteiger partial charge in [0, 0.05) is 10.7 Å². The van der Waals surface area contributed by atoms with Gasteiger partial charge >= 0.3 is 0 Å². The second-order valence-electron chi connectivity index (χ2n) is 4.10. The van der Waals surface area contributed by atoms with Gasteiger partial charge in [0.15, 0.2) is 0 Å². The van der Waals surface area contributed by atoms with Crippen molar-refractivity contribution < 1.29 is 8.42 Å². The number of halogens is 1. The SMILES string of the molecule is Cc1cc(Br)cnc1NS(=O)(=O)CC(C)C. The van der Waals surface area contributed by atoms with E-state index in [1.807, 2.05) is 26.8 Å². The van der Waals surface area contributed by atoms with E-state index in [4.69, 9.17) is 0 Å². The van der Waals surface area contributed by atoms with E-state index < -0.39 is 10.0 Å². The van der Waals surface area contributed by atoms with Crippen LogP contribution in [-0.2, 0) is 10.0 Å². The largest absolute Gasteiger partial charge is 0.267 e. The monoisotopic (exact) mass is 306 g/mol. The number of anilines is 1. The minimum Gasteiger partial charge on any atom is -0.267 e. The molecule has 0 amide bonds. The molecule has 0 bridgehead atoms. The van der Waals surface area contributed by atoms with Gasteiger partial charge in [-0.25, -0.2) is 13.4 Å². The van der Waals surface area contributed by atoms with Crippen molar-refractivity contribution in [3.63, 3.8) is 0 Å². The van der Waals surface area contributed by atoms with Crippen molar-refractivity contribution in [1.29, 1.82) is 0 Å². The van der Waals surface area contributed by atoms with Crippen LogP contribution in [0.15, 0.2) is 16.7 Å². The summed E-state index contributed by atoms with van der Waals surface area (Å²) in [5.74, 6) is 0.585. The van der Waals surface area contributed by atoms with Crippen LogP contribution in [-0.4, -0.2) is 19.2 Å². The summed E-state index contributed by atoms with van der Waals surface area (Å²) in [6.07, 6.45) is 1.57. The summed E-state index contributed by atoms with van der Waals surface area (Å²) in [7, 11) is -3.30. The first kappa shape index (κ1) is 13.4. The molecule has 0 atom stereocenters. The summed E-state index contributed by atoms with van der Waals surface area (Å²) in [4.78, 5) is 4.03. The summed E-state index contributed by atoms with van der Waals surface area (Å²) in [6, 6.07) is 1.82. The summed E-state index contributed by atoms with van der Waals surface area (Å²) in [6.45, 7) is 5.53. The molecule has 0 radical (unpaired) electrons. The average molecular weight is 307 g/mol. The van der Waals surface area contributed by atoms with Crippen molar-refractivity contribution in [2.24, 2.45) is 5.92 Å². The van der Waals surface area contributed by atoms with Crippen LogP contribution < -0.4 is 4.72 Å². The Labute approximate surface area is 105 Å². The molecular weight excluding hydrogens is 292 g/mol. The molecule has 1 rings (SSSR count). The number of aromatic nitrogens is 1. The molecule has 4 nitrogen and oxygen atoms in total. The Morgan fingerprint density at radius 1 is 1.50 bits per heavy atom. The highest BCUT2D eigenvalue weighted by molar-refractivity contribution is 9.10. The van der Waals surface area contributed by atoms with Gasteiger partial charge < -0.3 is 0 Å². The van der Waals surface area contributed by atoms with Gasteiger partial charge in [-0.05, 0) is 40.4 Å². The number of aryl methyl sites for hydroxylation is 1. The van der Waals surface area contributed by atoms with E-state index in [0.717, 1.165) is 10.0 Å². The molecular formula is C10H15BrN2O2S. The molecule has 0 aliphatic rings. The zero-order valence-corrected chi connectivity index (χ0v) is 11.9. The smallest absolute Gasteiger partial charge is 0.234 e. The molecule has 0 fully saturated rings. The van der Waals surface area contributed by atoms with Crippen LogP contribution in [0.1, 0.15) is 19.4 Å². The van der Waals surface area contributed by atoms with Crippen LogP contribution in [0.5, 0.6) is 0 Å². The minimum atomic E-state index is -3.30. The van der Waals surface area contributed by atoms with Gasteiger partial charge in [-0.15, -0.1) is 0 Å². The second kappa shape index (κ2) is 5.14. The maximum absolute atomic E-state index is 11.7. The molecule has 16 heavy (non-hydrogen) atoms. The minimum absolute atomic E-state index is 0.0910. The summed E-state index contributed by atoms with van der Waals surface area (Å²) >= 11 is 3.28. The van der Waals surface area contributed by atoms with Crippen LogP contribution >= 0.6 is 15.9 Å². The number of sulfonamides is 1. The number of hydrogen-bond acceptors (Lipinski definition) is 3. The van der Waals surface area contributed by atoms with E-state index in [1.165, 1.54) is 0 Å². The molecule has 0 spiro atoms. The standard InChI is InChI=1S/C10H15BrN2O2S/c1-7(2)6-16(14,15)13-10-8(3)4-9(11)5-12-10/h4-5,7H,6H2,1-3H3,(H,12,13). The van der Waals surface area contributed by atoms with Crippen LogP contribution in [0.3, 0.4) is 0 Å². The summed E-state index contributed by atoms with van der Waals surface area (Å²) < 4.78 is 26.7. The topological polar surface area (TPSA) is 59.1 Å². The fourth-order valence-electron chi connectivity index (χ4n) is 1.28. The first-order chi connectivity index (χ1) is 7.30. The molecule has 90 valence electrons. The lowest BCUT2D eigenvalue weighted by atomic mass is 10.3. The predicted molar refractivity (Wildman–Crippen MR) is 68.9 cm³/mol. The first-order valence-corrected chi connectivity index (χ1v) is 7.37. The van der Waals surface area contributed by atoms with Crippen molar-refractivity contribution in [1.82, 2.24) is 4.98 Å². The normalized spacial score (nSPS) is 11.8. The molecule has 1 N–H and O–H groups in total. The van der Waals surface area contributed by atoms with Crippen molar-refractivity contribution in [3.05, 3.63) is 22.3 Å². The van der Waals surface area contributed by atoms with Gasteiger partial charge in [0.05, 0.1) is 5.75 Å². The molecule has 0 aliphatic heterocycles. The maximum atomic E-state index is 11.7. The number of nitrogens with one attached hydrogen (secondary N) is 1. The summed E-state index contributed by atoms with van der Waals surface area (Å²) in [5.41, 5.74) is 0.793. The zero-order valence-electron chi connectivity index (χ0n) is 9.49. The van der Waals surface area contributed by atoms with E-state index in [1.54, 1.807) is 6.20 Å². The van der Waals surface area contributed by atoms with Gasteiger partial charge in [-0.2, -0.15) is 0 Å². The van der Waals surface area contributed by atoms with Crippen molar-refractivity contribution in [2.45, 2.75) is 20.8 Å². The Kier molecular flexibility index (Phi) is 4.32. The van der Waals surface area contributed by atoms with Crippen LogP contribution in [0.2, 0.25) is 0 Å². The third kappa shape index (κ3) is 4.09. The van der Waals surface area contributed by atoms with E-state index in [9.17, 15) is 8.42 Å². The van der Waals surface area contributed by atoms with Crippen molar-refractivity contribution in [2.75, 3.05) is 10.5 Å². The fraction of sp³-hybridized carbons (Fsp3) is 0.500. The maximum Gasteiger partial charge on any atom is 0.234 e. The average Bonchev–Trinajstić information content (AvgIpc) is 2.07. The Bertz CT molecular complexity index is 472. The van der Waals surface area contributed by atoms with Crippen molar-refractivity contribution in [3.8, 4) is 0 Å². The molecule has 0 unspecified atom stereocenters. The lowest BCUT2D eigenvalue weighted by Gasteiger charge is -2.11. The number of hydrogen-bond donors (Lipinski definition) is 1. The van der Waals surface area contributed by atoms with Gasteiger partial charge in [0.1, 0.15) is 5.82 Å². The Hall–Kier alpha value is -0.620. The third-order valence-corrected chi connectivity index (χ3v) is 3.89. The molecule has 0 saturated heterocycles. The lowest BCUT2D eigenvalue weighted by Crippen LogP contribution is -2.21. The molecule has 0 aromatic carbocycles. The quantitative estimate of drug-likeness (QED) is 0.930. The van der Waals surface area contributed by atoms with Gasteiger partial charge in [-0.3, -0.25) is 4.72 Å². The van der Waals surface area contributed by atoms with Gasteiger partial charge in [0.2, 0.25) is 10.0 Å². The highest BCUT2D eigenvalue weighted by Crippen LogP contribution is 2.18. The molecule has 1 aromatic heterocycles. The third-order valence-electron chi connectivity index (χ3n) is 1.85. The molecule has 6 heteroatoms. The lowest BCUT2D eigenvalue weighted by molar-refractivity contribution is 0.587. The van der Waals surface area contributed by atoms with E-state index in [0.29, 0.717) is 5.82 Å². The number of pyridine rings is 1. The zero-order chi connectivity index (χ0) is 12.3. The van der Waals surface area contributed by atoms with E-state index in [2.05, 4.69) is 25.6 Å². The fourth-order valence-corrected chi connectivity index (χ4v) is 3.19. The molecule has 0 aliphatic carbocycles. The van der Waals surface area contributed by atoms with Gasteiger partial charge in [0.25, 0.3) is 0 Å². The molecule has 1 aromatic rings. The highest BCUT2D eigenvalue weighted by atomic mass is 79.9. The number of rotatable bonds is 4. The summed E-state index contributed by atoms with van der Waals surface area (Å²) in [5, 5.41) is 0. The second-order valence-corrected chi connectivity index (χ2v) is 6.78. The van der Waals surface area contributed by atoms with E-state index >= 15 is 0 Å². The Balaban J connectivity index is 2.88. The van der Waals surface area contributed by atoms with Crippen LogP contribution in [0.25, 0.3) is 0 Å². The van der Waals surface area contributed by atoms with Gasteiger partial charge in [-0.1, -0.05) is 13.8 Å². The van der Waals surface area contributed by atoms with Crippen LogP contribution in [0, 0.1) is 12.8 Å². The first-order valence-electron chi connectivity index (χ1n) is 4.93.